The zero-order chi connectivity index (χ0) is 12.0. The number of nitrogens with one attached hydrogen (secondary N) is 1. The quantitative estimate of drug-likeness (QED) is 0.588. The summed E-state index contributed by atoms with van der Waals surface area (Å²) in [6, 6.07) is 2.97. The number of methoxy groups -OCH3 is 1. The lowest BCUT2D eigenvalue weighted by Crippen LogP contribution is -2.17. The van der Waals surface area contributed by atoms with Gasteiger partial charge < -0.3 is 10.1 Å². The molecule has 0 bridgehead atoms. The Morgan fingerprint density at radius 1 is 1.69 bits per heavy atom. The van der Waals surface area contributed by atoms with Gasteiger partial charge in [0.05, 0.1) is 11.5 Å². The van der Waals surface area contributed by atoms with E-state index in [0.29, 0.717) is 19.0 Å². The molecule has 88 valence electrons. The largest absolute Gasteiger partial charge is 0.384 e. The number of ether oxygens (including phenoxy) is 1. The molecule has 1 rings (SSSR count). The van der Waals surface area contributed by atoms with E-state index in [2.05, 4.69) is 10.3 Å². The lowest BCUT2D eigenvalue weighted by Gasteiger charge is -2.11. The van der Waals surface area contributed by atoms with Crippen LogP contribution in [0.2, 0.25) is 0 Å². The fourth-order valence-electron chi connectivity index (χ4n) is 1.29. The molecule has 0 spiro atoms. The topological polar surface area (TPSA) is 77.3 Å². The van der Waals surface area contributed by atoms with Crippen LogP contribution < -0.4 is 5.32 Å². The first kappa shape index (κ1) is 12.4. The lowest BCUT2D eigenvalue weighted by atomic mass is 10.2. The SMILES string of the molecule is COCC(C)CNc1ncccc1[N+](=O)[O-]. The summed E-state index contributed by atoms with van der Waals surface area (Å²) in [4.78, 5) is 14.2. The first-order chi connectivity index (χ1) is 7.65. The van der Waals surface area contributed by atoms with Crippen molar-refractivity contribution in [2.75, 3.05) is 25.6 Å². The summed E-state index contributed by atoms with van der Waals surface area (Å²) in [7, 11) is 1.62. The predicted octanol–water partition coefficient (Wildman–Crippen LogP) is 1.68. The molecular formula is C10H15N3O3. The molecule has 1 unspecified atom stereocenters. The van der Waals surface area contributed by atoms with Gasteiger partial charge >= 0.3 is 5.69 Å². The predicted molar refractivity (Wildman–Crippen MR) is 60.4 cm³/mol. The highest BCUT2D eigenvalue weighted by Crippen LogP contribution is 2.20. The summed E-state index contributed by atoms with van der Waals surface area (Å²) < 4.78 is 4.98. The normalized spacial score (nSPS) is 12.1. The maximum absolute atomic E-state index is 10.7. The van der Waals surface area contributed by atoms with Crippen molar-refractivity contribution >= 4 is 11.5 Å². The molecule has 0 aliphatic rings. The van der Waals surface area contributed by atoms with Gasteiger partial charge in [-0.1, -0.05) is 6.92 Å². The van der Waals surface area contributed by atoms with E-state index in [9.17, 15) is 10.1 Å². The Hall–Kier alpha value is -1.69. The summed E-state index contributed by atoms with van der Waals surface area (Å²) in [5.74, 6) is 0.571. The third-order valence-corrected chi connectivity index (χ3v) is 2.05. The van der Waals surface area contributed by atoms with Crippen molar-refractivity contribution in [2.24, 2.45) is 5.92 Å². The van der Waals surface area contributed by atoms with Gasteiger partial charge in [0.2, 0.25) is 5.82 Å². The third-order valence-electron chi connectivity index (χ3n) is 2.05. The second kappa shape index (κ2) is 6.02. The second-order valence-corrected chi connectivity index (χ2v) is 3.57. The molecule has 1 aromatic heterocycles. The number of hydrogen-bond donors (Lipinski definition) is 1. The number of nitro groups is 1. The van der Waals surface area contributed by atoms with E-state index in [1.165, 1.54) is 12.3 Å². The maximum atomic E-state index is 10.7. The minimum Gasteiger partial charge on any atom is -0.384 e. The highest BCUT2D eigenvalue weighted by molar-refractivity contribution is 5.54. The van der Waals surface area contributed by atoms with Gasteiger partial charge in [-0.2, -0.15) is 0 Å². The van der Waals surface area contributed by atoms with Crippen LogP contribution in [0.4, 0.5) is 11.5 Å². The number of anilines is 1. The molecule has 0 aromatic carbocycles. The Bertz CT molecular complexity index is 357. The highest BCUT2D eigenvalue weighted by atomic mass is 16.6. The third kappa shape index (κ3) is 3.47. The molecule has 1 N–H and O–H groups in total. The van der Waals surface area contributed by atoms with Crippen LogP contribution in [-0.4, -0.2) is 30.2 Å². The summed E-state index contributed by atoms with van der Waals surface area (Å²) in [6.45, 7) is 3.19. The number of hydrogen-bond acceptors (Lipinski definition) is 5. The molecule has 0 radical (unpaired) electrons. The van der Waals surface area contributed by atoms with Gasteiger partial charge in [0.1, 0.15) is 0 Å². The van der Waals surface area contributed by atoms with Crippen LogP contribution in [0.1, 0.15) is 6.92 Å². The summed E-state index contributed by atoms with van der Waals surface area (Å²) in [6.07, 6.45) is 1.52. The molecule has 0 aliphatic carbocycles. The van der Waals surface area contributed by atoms with E-state index in [1.807, 2.05) is 6.92 Å². The van der Waals surface area contributed by atoms with Gasteiger partial charge in [-0.15, -0.1) is 0 Å². The fourth-order valence-corrected chi connectivity index (χ4v) is 1.29. The molecule has 0 fully saturated rings. The number of nitrogens with zero attached hydrogens (tertiary/aromatic N) is 2. The minimum absolute atomic E-state index is 0.00730. The van der Waals surface area contributed by atoms with Crippen LogP contribution in [0.5, 0.6) is 0 Å². The summed E-state index contributed by atoms with van der Waals surface area (Å²) in [5, 5.41) is 13.6. The van der Waals surface area contributed by atoms with Crippen LogP contribution in [-0.2, 0) is 4.74 Å². The van der Waals surface area contributed by atoms with Crippen molar-refractivity contribution in [2.45, 2.75) is 6.92 Å². The van der Waals surface area contributed by atoms with Crippen molar-refractivity contribution in [3.8, 4) is 0 Å². The van der Waals surface area contributed by atoms with E-state index in [4.69, 9.17) is 4.74 Å². The van der Waals surface area contributed by atoms with E-state index in [-0.39, 0.29) is 11.6 Å². The Balaban J connectivity index is 2.63. The van der Waals surface area contributed by atoms with Crippen LogP contribution in [0.3, 0.4) is 0 Å². The van der Waals surface area contributed by atoms with Crippen molar-refractivity contribution in [3.63, 3.8) is 0 Å². The van der Waals surface area contributed by atoms with E-state index in [0.717, 1.165) is 0 Å². The van der Waals surface area contributed by atoms with E-state index < -0.39 is 4.92 Å². The van der Waals surface area contributed by atoms with Crippen LogP contribution in [0.15, 0.2) is 18.3 Å². The summed E-state index contributed by atoms with van der Waals surface area (Å²) in [5.41, 5.74) is -0.00730. The zero-order valence-electron chi connectivity index (χ0n) is 9.34. The average molecular weight is 225 g/mol. The Labute approximate surface area is 93.8 Å². The standard InChI is InChI=1S/C10H15N3O3/c1-8(7-16-2)6-12-10-9(13(14)15)4-3-5-11-10/h3-5,8H,6-7H2,1-2H3,(H,11,12). The molecule has 0 saturated heterocycles. The van der Waals surface area contributed by atoms with Gasteiger partial charge in [-0.3, -0.25) is 10.1 Å². The molecule has 1 atom stereocenters. The number of pyridine rings is 1. The monoisotopic (exact) mass is 225 g/mol. The Morgan fingerprint density at radius 3 is 3.06 bits per heavy atom. The molecule has 1 heterocycles. The highest BCUT2D eigenvalue weighted by Gasteiger charge is 2.14. The van der Waals surface area contributed by atoms with E-state index >= 15 is 0 Å². The second-order valence-electron chi connectivity index (χ2n) is 3.57. The van der Waals surface area contributed by atoms with E-state index in [1.54, 1.807) is 13.2 Å². The molecule has 0 aliphatic heterocycles. The number of rotatable bonds is 6. The minimum atomic E-state index is -0.448. The average Bonchev–Trinajstić information content (AvgIpc) is 2.27. The first-order valence-electron chi connectivity index (χ1n) is 4.97. The molecular weight excluding hydrogens is 210 g/mol. The molecule has 0 saturated carbocycles. The molecule has 6 nitrogen and oxygen atoms in total. The Kier molecular flexibility index (Phi) is 4.65. The molecule has 16 heavy (non-hydrogen) atoms. The molecule has 0 amide bonds. The lowest BCUT2D eigenvalue weighted by molar-refractivity contribution is -0.384. The van der Waals surface area contributed by atoms with Crippen LogP contribution in [0.25, 0.3) is 0 Å². The zero-order valence-corrected chi connectivity index (χ0v) is 9.34. The summed E-state index contributed by atoms with van der Waals surface area (Å²) >= 11 is 0. The van der Waals surface area contributed by atoms with Crippen LogP contribution >= 0.6 is 0 Å². The van der Waals surface area contributed by atoms with Crippen molar-refractivity contribution in [1.82, 2.24) is 4.98 Å². The van der Waals surface area contributed by atoms with Crippen molar-refractivity contribution < 1.29 is 9.66 Å². The van der Waals surface area contributed by atoms with Gasteiger partial charge in [-0.05, 0) is 12.0 Å². The maximum Gasteiger partial charge on any atom is 0.311 e. The van der Waals surface area contributed by atoms with Gasteiger partial charge in [0, 0.05) is 25.9 Å². The molecule has 1 aromatic rings. The van der Waals surface area contributed by atoms with Crippen LogP contribution in [0, 0.1) is 16.0 Å². The van der Waals surface area contributed by atoms with Gasteiger partial charge in [0.25, 0.3) is 0 Å². The van der Waals surface area contributed by atoms with Crippen molar-refractivity contribution in [1.29, 1.82) is 0 Å². The van der Waals surface area contributed by atoms with Gasteiger partial charge in [0.15, 0.2) is 0 Å². The fraction of sp³-hybridized carbons (Fsp3) is 0.500. The number of aromatic nitrogens is 1. The molecule has 6 heteroatoms. The Morgan fingerprint density at radius 2 is 2.44 bits per heavy atom. The smallest absolute Gasteiger partial charge is 0.311 e. The first-order valence-corrected chi connectivity index (χ1v) is 4.97. The van der Waals surface area contributed by atoms with Crippen molar-refractivity contribution in [3.05, 3.63) is 28.4 Å². The van der Waals surface area contributed by atoms with Gasteiger partial charge in [-0.25, -0.2) is 4.98 Å².